The van der Waals surface area contributed by atoms with Crippen LogP contribution in [0.25, 0.3) is 32.1 Å². The van der Waals surface area contributed by atoms with Crippen molar-refractivity contribution in [3.05, 3.63) is 60.0 Å². The lowest BCUT2D eigenvalue weighted by Gasteiger charge is -2.19. The summed E-state index contributed by atoms with van der Waals surface area (Å²) in [5.74, 6) is -1.58. The van der Waals surface area contributed by atoms with E-state index in [0.717, 1.165) is 29.5 Å². The highest BCUT2D eigenvalue weighted by Gasteiger charge is 2.24. The molecule has 5 rings (SSSR count). The van der Waals surface area contributed by atoms with E-state index in [1.54, 1.807) is 12.1 Å². The number of likely N-dealkylation sites (N-methyl/N-ethyl adjacent to an activating group) is 1. The number of hydrogen-bond donors (Lipinski definition) is 2. The Kier molecular flexibility index (Phi) is 7.29. The van der Waals surface area contributed by atoms with E-state index in [2.05, 4.69) is 32.1 Å². The maximum atomic E-state index is 16.1. The summed E-state index contributed by atoms with van der Waals surface area (Å²) in [5.41, 5.74) is 0.290. The lowest BCUT2D eigenvalue weighted by atomic mass is 9.99. The second kappa shape index (κ2) is 10.8. The van der Waals surface area contributed by atoms with Crippen LogP contribution >= 0.6 is 11.3 Å². The van der Waals surface area contributed by atoms with Crippen LogP contribution in [-0.2, 0) is 4.79 Å². The van der Waals surface area contributed by atoms with Gasteiger partial charge in [0.1, 0.15) is 23.8 Å². The molecule has 2 aromatic carbocycles. The minimum Gasteiger partial charge on any atom is -0.462 e. The molecule has 0 spiro atoms. The van der Waals surface area contributed by atoms with Crippen molar-refractivity contribution in [3.8, 4) is 17.1 Å². The molecule has 1 aliphatic heterocycles. The van der Waals surface area contributed by atoms with E-state index in [4.69, 9.17) is 4.74 Å². The van der Waals surface area contributed by atoms with Crippen LogP contribution in [0, 0.1) is 11.6 Å². The van der Waals surface area contributed by atoms with Gasteiger partial charge in [-0.3, -0.25) is 4.79 Å². The number of thiophene rings is 1. The van der Waals surface area contributed by atoms with E-state index in [0.29, 0.717) is 12.2 Å². The van der Waals surface area contributed by atoms with Crippen molar-refractivity contribution in [3.63, 3.8) is 0 Å². The highest BCUT2D eigenvalue weighted by molar-refractivity contribution is 7.17. The summed E-state index contributed by atoms with van der Waals surface area (Å²) in [4.78, 5) is 22.5. The minimum atomic E-state index is -0.776. The van der Waals surface area contributed by atoms with E-state index in [-0.39, 0.29) is 53.3 Å². The van der Waals surface area contributed by atoms with Gasteiger partial charge in [0.25, 0.3) is 0 Å². The first kappa shape index (κ1) is 25.0. The number of fused-ring (bicyclic) bond motifs is 2. The minimum absolute atomic E-state index is 0.00984. The van der Waals surface area contributed by atoms with Crippen LogP contribution < -0.4 is 15.4 Å². The molecule has 37 heavy (non-hydrogen) atoms. The molecule has 1 amide bonds. The Balaban J connectivity index is 1.55. The zero-order valence-corrected chi connectivity index (χ0v) is 21.2. The number of nitrogens with zero attached hydrogens (tertiary/aromatic N) is 3. The molecule has 1 aliphatic rings. The summed E-state index contributed by atoms with van der Waals surface area (Å²) < 4.78 is 38.4. The predicted molar refractivity (Wildman–Crippen MR) is 143 cm³/mol. The predicted octanol–water partition coefficient (Wildman–Crippen LogP) is 4.98. The number of rotatable bonds is 9. The monoisotopic (exact) mass is 523 g/mol. The zero-order chi connectivity index (χ0) is 25.9. The summed E-state index contributed by atoms with van der Waals surface area (Å²) in [6.07, 6.45) is 3.25. The van der Waals surface area contributed by atoms with E-state index >= 15 is 8.78 Å². The summed E-state index contributed by atoms with van der Waals surface area (Å²) in [6.45, 7) is 5.31. The molecule has 3 heterocycles. The van der Waals surface area contributed by atoms with Gasteiger partial charge >= 0.3 is 6.01 Å². The molecule has 0 radical (unpaired) electrons. The topological polar surface area (TPSA) is 79.4 Å². The molecule has 2 N–H and O–H groups in total. The number of halogens is 2. The summed E-state index contributed by atoms with van der Waals surface area (Å²) in [7, 11) is 2.03. The van der Waals surface area contributed by atoms with Crippen LogP contribution in [0.3, 0.4) is 0 Å². The summed E-state index contributed by atoms with van der Waals surface area (Å²) in [5, 5.41) is 8.57. The molecule has 1 fully saturated rings. The van der Waals surface area contributed by atoms with Crippen molar-refractivity contribution in [2.24, 2.45) is 0 Å². The van der Waals surface area contributed by atoms with Gasteiger partial charge in [0, 0.05) is 34.6 Å². The highest BCUT2D eigenvalue weighted by Crippen LogP contribution is 2.38. The van der Waals surface area contributed by atoms with Crippen LogP contribution in [0.5, 0.6) is 6.01 Å². The smallest absolute Gasteiger partial charge is 0.319 e. The van der Waals surface area contributed by atoms with Gasteiger partial charge in [0.05, 0.1) is 5.56 Å². The first-order valence-electron chi connectivity index (χ1n) is 12.1. The van der Waals surface area contributed by atoms with Gasteiger partial charge in [0.15, 0.2) is 5.82 Å². The third kappa shape index (κ3) is 5.12. The fourth-order valence-electron chi connectivity index (χ4n) is 4.63. The van der Waals surface area contributed by atoms with Crippen molar-refractivity contribution in [1.82, 2.24) is 20.2 Å². The Morgan fingerprint density at radius 1 is 1.27 bits per heavy atom. The maximum Gasteiger partial charge on any atom is 0.319 e. The van der Waals surface area contributed by atoms with Gasteiger partial charge in [-0.25, -0.2) is 8.78 Å². The third-order valence-corrected chi connectivity index (χ3v) is 7.49. The number of carbonyl (C=O) groups is 1. The maximum absolute atomic E-state index is 16.1. The number of benzene rings is 2. The van der Waals surface area contributed by atoms with Gasteiger partial charge in [-0.1, -0.05) is 18.7 Å². The van der Waals surface area contributed by atoms with Gasteiger partial charge < -0.3 is 20.3 Å². The molecule has 2 aromatic heterocycles. The number of anilines is 1. The van der Waals surface area contributed by atoms with Crippen LogP contribution in [0.2, 0.25) is 0 Å². The lowest BCUT2D eigenvalue weighted by molar-refractivity contribution is -0.116. The lowest BCUT2D eigenvalue weighted by Crippen LogP contribution is -2.31. The standard InChI is InChI=1S/C27H27F2N5O2S/c1-3-22(35)30-10-11-31-26-19-14-20(28)23(18-7-4-8-21-17(18)9-13-37-21)24(29)25(19)32-27(33-26)36-15-16-6-5-12-34(16)2/h3-4,7-9,13-14,16H,1,5-6,10-12,15H2,2H3,(H,30,35)(H,31,32,33)/t16-/m0/s1. The Hall–Kier alpha value is -3.63. The second-order valence-corrected chi connectivity index (χ2v) is 9.89. The van der Waals surface area contributed by atoms with Gasteiger partial charge in [-0.05, 0) is 61.7 Å². The average Bonchev–Trinajstić information content (AvgIpc) is 3.54. The van der Waals surface area contributed by atoms with Crippen molar-refractivity contribution in [1.29, 1.82) is 0 Å². The zero-order valence-electron chi connectivity index (χ0n) is 20.4. The van der Waals surface area contributed by atoms with E-state index < -0.39 is 11.6 Å². The molecule has 4 aromatic rings. The SMILES string of the molecule is C=CC(=O)NCCNc1nc(OC[C@@H]2CCCN2C)nc2c(F)c(-c3cccc4sccc34)c(F)cc12. The molecule has 0 unspecified atom stereocenters. The number of ether oxygens (including phenoxy) is 1. The van der Waals surface area contributed by atoms with Crippen LogP contribution in [0.1, 0.15) is 12.8 Å². The Morgan fingerprint density at radius 3 is 2.92 bits per heavy atom. The van der Waals surface area contributed by atoms with Crippen molar-refractivity contribution in [2.45, 2.75) is 18.9 Å². The normalized spacial score (nSPS) is 15.8. The Morgan fingerprint density at radius 2 is 2.14 bits per heavy atom. The molecule has 1 saturated heterocycles. The van der Waals surface area contributed by atoms with Gasteiger partial charge in [-0.2, -0.15) is 9.97 Å². The number of aromatic nitrogens is 2. The van der Waals surface area contributed by atoms with E-state index in [1.165, 1.54) is 23.5 Å². The van der Waals surface area contributed by atoms with Crippen LogP contribution in [0.15, 0.2) is 48.4 Å². The number of amides is 1. The quantitative estimate of drug-likeness (QED) is 0.238. The van der Waals surface area contributed by atoms with Crippen molar-refractivity contribution < 1.29 is 18.3 Å². The summed E-state index contributed by atoms with van der Waals surface area (Å²) >= 11 is 1.51. The molecular weight excluding hydrogens is 496 g/mol. The fourth-order valence-corrected chi connectivity index (χ4v) is 5.45. The molecule has 7 nitrogen and oxygen atoms in total. The number of nitrogens with one attached hydrogen (secondary N) is 2. The molecule has 192 valence electrons. The van der Waals surface area contributed by atoms with Crippen molar-refractivity contribution >= 4 is 44.1 Å². The summed E-state index contributed by atoms with van der Waals surface area (Å²) in [6, 6.07) is 8.74. The van der Waals surface area contributed by atoms with Crippen molar-refractivity contribution in [2.75, 3.05) is 38.6 Å². The first-order chi connectivity index (χ1) is 18.0. The van der Waals surface area contributed by atoms with Gasteiger partial charge in [0.2, 0.25) is 5.91 Å². The second-order valence-electron chi connectivity index (χ2n) is 8.95. The highest BCUT2D eigenvalue weighted by atomic mass is 32.1. The number of carbonyl (C=O) groups excluding carboxylic acids is 1. The van der Waals surface area contributed by atoms with E-state index in [1.807, 2.05) is 24.6 Å². The molecular formula is C27H27F2N5O2S. The van der Waals surface area contributed by atoms with E-state index in [9.17, 15) is 4.79 Å². The molecule has 1 atom stereocenters. The molecule has 0 saturated carbocycles. The Labute approximate surface area is 217 Å². The molecule has 10 heteroatoms. The largest absolute Gasteiger partial charge is 0.462 e. The van der Waals surface area contributed by atoms with Gasteiger partial charge in [-0.15, -0.1) is 11.3 Å². The Bertz CT molecular complexity index is 1470. The number of hydrogen-bond acceptors (Lipinski definition) is 7. The molecule has 0 aliphatic carbocycles. The van der Waals surface area contributed by atoms with Crippen LogP contribution in [0.4, 0.5) is 14.6 Å². The third-order valence-electron chi connectivity index (χ3n) is 6.61. The van der Waals surface area contributed by atoms with Crippen LogP contribution in [-0.4, -0.2) is 60.1 Å². The molecule has 0 bridgehead atoms. The fraction of sp³-hybridized carbons (Fsp3) is 0.296. The first-order valence-corrected chi connectivity index (χ1v) is 13.0. The number of likely N-dealkylation sites (tertiary alicyclic amines) is 1. The average molecular weight is 524 g/mol.